The lowest BCUT2D eigenvalue weighted by atomic mass is 10.1. The number of aromatic nitrogens is 2. The quantitative estimate of drug-likeness (QED) is 0.694. The van der Waals surface area contributed by atoms with Crippen molar-refractivity contribution < 1.29 is 14.1 Å². The summed E-state index contributed by atoms with van der Waals surface area (Å²) in [5.41, 5.74) is 1.90. The molecule has 1 aromatic heterocycles. The van der Waals surface area contributed by atoms with E-state index < -0.39 is 0 Å². The van der Waals surface area contributed by atoms with Gasteiger partial charge in [0.1, 0.15) is 11.8 Å². The predicted octanol–water partition coefficient (Wildman–Crippen LogP) is 3.56. The fraction of sp³-hybridized carbons (Fsp3) is 0.286. The number of hydrogen-bond donors (Lipinski definition) is 1. The van der Waals surface area contributed by atoms with Crippen LogP contribution in [0.25, 0.3) is 11.4 Å². The molecule has 1 fully saturated rings. The van der Waals surface area contributed by atoms with Gasteiger partial charge in [0.15, 0.2) is 0 Å². The molecule has 0 saturated heterocycles. The Morgan fingerprint density at radius 3 is 2.78 bits per heavy atom. The molecule has 1 aliphatic rings. The largest absolute Gasteiger partial charge is 0.497 e. The maximum absolute atomic E-state index is 12.3. The van der Waals surface area contributed by atoms with Gasteiger partial charge in [-0.15, -0.1) is 0 Å². The van der Waals surface area contributed by atoms with Crippen molar-refractivity contribution in [1.82, 2.24) is 15.5 Å². The summed E-state index contributed by atoms with van der Waals surface area (Å²) >= 11 is 0. The molecule has 1 saturated carbocycles. The molecule has 0 unspecified atom stereocenters. The molecule has 138 valence electrons. The van der Waals surface area contributed by atoms with Crippen LogP contribution in [-0.4, -0.2) is 23.2 Å². The molecule has 4 rings (SSSR count). The van der Waals surface area contributed by atoms with Crippen LogP contribution in [0.2, 0.25) is 0 Å². The molecule has 1 aliphatic carbocycles. The molecule has 6 nitrogen and oxygen atoms in total. The third kappa shape index (κ3) is 4.16. The van der Waals surface area contributed by atoms with Gasteiger partial charge >= 0.3 is 0 Å². The monoisotopic (exact) mass is 363 g/mol. The summed E-state index contributed by atoms with van der Waals surface area (Å²) in [4.78, 5) is 16.9. The Morgan fingerprint density at radius 1 is 1.22 bits per heavy atom. The summed E-state index contributed by atoms with van der Waals surface area (Å²) in [5.74, 6) is 1.77. The molecular formula is C21H21N3O3. The van der Waals surface area contributed by atoms with E-state index in [9.17, 15) is 4.79 Å². The van der Waals surface area contributed by atoms with Crippen molar-refractivity contribution in [3.05, 3.63) is 66.1 Å². The summed E-state index contributed by atoms with van der Waals surface area (Å²) in [6, 6.07) is 17.1. The first kappa shape index (κ1) is 17.3. The average molecular weight is 363 g/mol. The fourth-order valence-electron chi connectivity index (χ4n) is 2.94. The van der Waals surface area contributed by atoms with Crippen LogP contribution < -0.4 is 10.1 Å². The minimum Gasteiger partial charge on any atom is -0.497 e. The molecule has 1 N–H and O–H groups in total. The predicted molar refractivity (Wildman–Crippen MR) is 100 cm³/mol. The molecule has 0 aliphatic heterocycles. The summed E-state index contributed by atoms with van der Waals surface area (Å²) in [6.45, 7) is 0. The zero-order chi connectivity index (χ0) is 18.6. The Bertz CT molecular complexity index is 919. The molecule has 1 amide bonds. The number of methoxy groups -OCH3 is 1. The van der Waals surface area contributed by atoms with Crippen molar-refractivity contribution in [1.29, 1.82) is 0 Å². The van der Waals surface area contributed by atoms with Gasteiger partial charge in [-0.2, -0.15) is 4.98 Å². The molecule has 0 bridgehead atoms. The van der Waals surface area contributed by atoms with Gasteiger partial charge in [-0.3, -0.25) is 4.79 Å². The van der Waals surface area contributed by atoms with E-state index in [1.807, 2.05) is 54.6 Å². The lowest BCUT2D eigenvalue weighted by Crippen LogP contribution is -2.31. The van der Waals surface area contributed by atoms with Gasteiger partial charge in [0.25, 0.3) is 0 Å². The number of benzene rings is 2. The highest BCUT2D eigenvalue weighted by atomic mass is 16.5. The van der Waals surface area contributed by atoms with Crippen molar-refractivity contribution in [2.75, 3.05) is 7.11 Å². The maximum atomic E-state index is 12.3. The first-order valence-corrected chi connectivity index (χ1v) is 9.05. The number of ether oxygens (including phenoxy) is 1. The van der Waals surface area contributed by atoms with E-state index in [4.69, 9.17) is 9.26 Å². The number of carbonyl (C=O) groups excluding carboxylic acids is 1. The fourth-order valence-corrected chi connectivity index (χ4v) is 2.94. The lowest BCUT2D eigenvalue weighted by Gasteiger charge is -2.15. The van der Waals surface area contributed by atoms with Crippen LogP contribution in [0.1, 0.15) is 30.3 Å². The number of hydrogen-bond acceptors (Lipinski definition) is 5. The first-order valence-electron chi connectivity index (χ1n) is 9.05. The molecule has 3 aromatic rings. The SMILES string of the molecule is COc1cccc(-c2noc([C@H](Cc3ccccc3)NC(=O)C3CC3)n2)c1. The third-order valence-electron chi connectivity index (χ3n) is 4.62. The van der Waals surface area contributed by atoms with E-state index in [-0.39, 0.29) is 17.9 Å². The first-order chi connectivity index (χ1) is 13.2. The molecule has 0 spiro atoms. The van der Waals surface area contributed by atoms with Crippen LogP contribution in [0, 0.1) is 5.92 Å². The van der Waals surface area contributed by atoms with Crippen LogP contribution >= 0.6 is 0 Å². The van der Waals surface area contributed by atoms with E-state index >= 15 is 0 Å². The maximum Gasteiger partial charge on any atom is 0.249 e. The molecule has 0 radical (unpaired) electrons. The Morgan fingerprint density at radius 2 is 2.04 bits per heavy atom. The van der Waals surface area contributed by atoms with Crippen LogP contribution in [-0.2, 0) is 11.2 Å². The van der Waals surface area contributed by atoms with Crippen molar-refractivity contribution in [3.8, 4) is 17.1 Å². The molecule has 2 aromatic carbocycles. The molecule has 1 atom stereocenters. The van der Waals surface area contributed by atoms with Crippen molar-refractivity contribution >= 4 is 5.91 Å². The topological polar surface area (TPSA) is 77.3 Å². The van der Waals surface area contributed by atoms with Crippen molar-refractivity contribution in [2.24, 2.45) is 5.92 Å². The third-order valence-corrected chi connectivity index (χ3v) is 4.62. The number of nitrogens with zero attached hydrogens (tertiary/aromatic N) is 2. The second-order valence-corrected chi connectivity index (χ2v) is 6.71. The van der Waals surface area contributed by atoms with Gasteiger partial charge in [0.05, 0.1) is 7.11 Å². The zero-order valence-corrected chi connectivity index (χ0v) is 15.1. The second-order valence-electron chi connectivity index (χ2n) is 6.71. The Labute approximate surface area is 157 Å². The van der Waals surface area contributed by atoms with Gasteiger partial charge in [-0.1, -0.05) is 47.6 Å². The van der Waals surface area contributed by atoms with Crippen LogP contribution in [0.3, 0.4) is 0 Å². The summed E-state index contributed by atoms with van der Waals surface area (Å²) < 4.78 is 10.8. The van der Waals surface area contributed by atoms with Crippen LogP contribution in [0.15, 0.2) is 59.1 Å². The van der Waals surface area contributed by atoms with Gasteiger partial charge in [-0.05, 0) is 30.5 Å². The van der Waals surface area contributed by atoms with Gasteiger partial charge in [-0.25, -0.2) is 0 Å². The molecule has 6 heteroatoms. The summed E-state index contributed by atoms with van der Waals surface area (Å²) in [5, 5.41) is 7.17. The van der Waals surface area contributed by atoms with E-state index in [0.717, 1.165) is 29.7 Å². The summed E-state index contributed by atoms with van der Waals surface area (Å²) in [7, 11) is 1.62. The standard InChI is InChI=1S/C21H21N3O3/c1-26-17-9-5-8-16(13-17)19-23-21(27-24-19)18(22-20(25)15-10-11-15)12-14-6-3-2-4-7-14/h2-9,13,15,18H,10-12H2,1H3,(H,22,25)/t18-/m0/s1. The number of rotatable bonds is 7. The Kier molecular flexibility index (Phi) is 4.87. The minimum absolute atomic E-state index is 0.0528. The Balaban J connectivity index is 1.59. The Hall–Kier alpha value is -3.15. The molecule has 1 heterocycles. The molecule has 27 heavy (non-hydrogen) atoms. The zero-order valence-electron chi connectivity index (χ0n) is 15.1. The van der Waals surface area contributed by atoms with Gasteiger partial charge in [0, 0.05) is 17.9 Å². The van der Waals surface area contributed by atoms with Crippen LogP contribution in [0.5, 0.6) is 5.75 Å². The second kappa shape index (κ2) is 7.61. The number of carbonyl (C=O) groups is 1. The minimum atomic E-state index is -0.354. The van der Waals surface area contributed by atoms with E-state index in [1.54, 1.807) is 7.11 Å². The highest BCUT2D eigenvalue weighted by Crippen LogP contribution is 2.30. The van der Waals surface area contributed by atoms with E-state index in [0.29, 0.717) is 18.1 Å². The highest BCUT2D eigenvalue weighted by Gasteiger charge is 2.32. The van der Waals surface area contributed by atoms with Crippen molar-refractivity contribution in [2.45, 2.75) is 25.3 Å². The van der Waals surface area contributed by atoms with Crippen LogP contribution in [0.4, 0.5) is 0 Å². The average Bonchev–Trinajstić information content (AvgIpc) is 3.45. The highest BCUT2D eigenvalue weighted by molar-refractivity contribution is 5.81. The molecular weight excluding hydrogens is 342 g/mol. The number of amides is 1. The smallest absolute Gasteiger partial charge is 0.249 e. The summed E-state index contributed by atoms with van der Waals surface area (Å²) in [6.07, 6.45) is 2.49. The lowest BCUT2D eigenvalue weighted by molar-refractivity contribution is -0.123. The van der Waals surface area contributed by atoms with Gasteiger partial charge in [0.2, 0.25) is 17.6 Å². The van der Waals surface area contributed by atoms with Gasteiger partial charge < -0.3 is 14.6 Å². The normalized spacial score (nSPS) is 14.6. The van der Waals surface area contributed by atoms with E-state index in [2.05, 4.69) is 15.5 Å². The van der Waals surface area contributed by atoms with E-state index in [1.165, 1.54) is 0 Å². The van der Waals surface area contributed by atoms with Crippen molar-refractivity contribution in [3.63, 3.8) is 0 Å². The number of nitrogens with one attached hydrogen (secondary N) is 1.